The molecule has 0 spiro atoms. The van der Waals surface area contributed by atoms with Crippen LogP contribution in [-0.2, 0) is 14.3 Å². The number of ether oxygens (including phenoxy) is 1. The number of aryl methyl sites for hydroxylation is 1. The number of allylic oxidation sites excluding steroid dienone is 1. The minimum Gasteiger partial charge on any atom is -0.465 e. The lowest BCUT2D eigenvalue weighted by atomic mass is 10.0. The predicted octanol–water partition coefficient (Wildman–Crippen LogP) is 3.54. The normalized spacial score (nSPS) is 15.9. The van der Waals surface area contributed by atoms with Crippen molar-refractivity contribution in [2.75, 3.05) is 14.2 Å². The molecule has 2 heterocycles. The average molecular weight is 368 g/mol. The molecule has 1 aromatic heterocycles. The average Bonchev–Trinajstić information content (AvgIpc) is 3.04. The minimum atomic E-state index is -0.538. The summed E-state index contributed by atoms with van der Waals surface area (Å²) in [5, 5.41) is 0. The molecule has 0 saturated carbocycles. The standard InChI is InChI=1S/C21H21FN2O3/c1-12-10-15(13(2)24(12)17-8-6-16(22)7-9-17)11-18-19(21(26)27-5)14(3)23(4)20(18)25/h6-11H,1-5H3/b18-11-. The number of carbonyl (C=O) groups is 2. The molecule has 5 nitrogen and oxygen atoms in total. The van der Waals surface area contributed by atoms with Crippen LogP contribution in [0.4, 0.5) is 4.39 Å². The molecule has 2 aromatic rings. The van der Waals surface area contributed by atoms with Crippen LogP contribution >= 0.6 is 0 Å². The fourth-order valence-electron chi connectivity index (χ4n) is 3.37. The van der Waals surface area contributed by atoms with Crippen molar-refractivity contribution in [2.45, 2.75) is 20.8 Å². The second kappa shape index (κ2) is 6.87. The molecule has 0 fully saturated rings. The van der Waals surface area contributed by atoms with Crippen LogP contribution in [0.25, 0.3) is 11.8 Å². The van der Waals surface area contributed by atoms with E-state index in [1.54, 1.807) is 32.2 Å². The molecule has 0 saturated heterocycles. The maximum absolute atomic E-state index is 13.2. The summed E-state index contributed by atoms with van der Waals surface area (Å²) < 4.78 is 20.1. The molecule has 0 N–H and O–H groups in total. The highest BCUT2D eigenvalue weighted by Gasteiger charge is 2.35. The number of methoxy groups -OCH3 is 1. The predicted molar refractivity (Wildman–Crippen MR) is 101 cm³/mol. The number of halogens is 1. The van der Waals surface area contributed by atoms with Crippen LogP contribution in [0.15, 0.2) is 47.2 Å². The molecule has 1 aliphatic heterocycles. The zero-order chi connectivity index (χ0) is 19.9. The summed E-state index contributed by atoms with van der Waals surface area (Å²) in [4.78, 5) is 26.2. The van der Waals surface area contributed by atoms with E-state index in [9.17, 15) is 14.0 Å². The van der Waals surface area contributed by atoms with E-state index < -0.39 is 5.97 Å². The van der Waals surface area contributed by atoms with Gasteiger partial charge >= 0.3 is 5.97 Å². The van der Waals surface area contributed by atoms with Crippen molar-refractivity contribution >= 4 is 18.0 Å². The molecule has 0 atom stereocenters. The smallest absolute Gasteiger partial charge is 0.340 e. The number of benzene rings is 1. The number of hydrogen-bond donors (Lipinski definition) is 0. The quantitative estimate of drug-likeness (QED) is 0.615. The van der Waals surface area contributed by atoms with Crippen molar-refractivity contribution in [3.8, 4) is 5.69 Å². The van der Waals surface area contributed by atoms with E-state index in [0.717, 1.165) is 22.6 Å². The van der Waals surface area contributed by atoms with Crippen molar-refractivity contribution in [3.05, 3.63) is 69.9 Å². The van der Waals surface area contributed by atoms with Crippen molar-refractivity contribution in [1.29, 1.82) is 0 Å². The second-order valence-electron chi connectivity index (χ2n) is 6.51. The van der Waals surface area contributed by atoms with Crippen LogP contribution < -0.4 is 0 Å². The van der Waals surface area contributed by atoms with Crippen molar-refractivity contribution in [3.63, 3.8) is 0 Å². The zero-order valence-corrected chi connectivity index (χ0v) is 16.0. The van der Waals surface area contributed by atoms with E-state index in [1.807, 2.05) is 24.5 Å². The van der Waals surface area contributed by atoms with Gasteiger partial charge in [-0.25, -0.2) is 9.18 Å². The molecule has 1 amide bonds. The van der Waals surface area contributed by atoms with Gasteiger partial charge in [-0.3, -0.25) is 4.79 Å². The Morgan fingerprint density at radius 1 is 1.15 bits per heavy atom. The Bertz CT molecular complexity index is 997. The largest absolute Gasteiger partial charge is 0.465 e. The summed E-state index contributed by atoms with van der Waals surface area (Å²) in [5.74, 6) is -1.09. The Balaban J connectivity index is 2.12. The lowest BCUT2D eigenvalue weighted by Crippen LogP contribution is -2.19. The summed E-state index contributed by atoms with van der Waals surface area (Å²) in [6, 6.07) is 8.14. The third-order valence-electron chi connectivity index (χ3n) is 4.91. The number of nitrogens with zero attached hydrogens (tertiary/aromatic N) is 2. The number of likely N-dealkylation sites (N-methyl/N-ethyl adjacent to an activating group) is 1. The van der Waals surface area contributed by atoms with Gasteiger partial charge in [-0.2, -0.15) is 0 Å². The molecule has 27 heavy (non-hydrogen) atoms. The van der Waals surface area contributed by atoms with Gasteiger partial charge in [-0.15, -0.1) is 0 Å². The van der Waals surface area contributed by atoms with Crippen LogP contribution in [-0.4, -0.2) is 35.5 Å². The first kappa shape index (κ1) is 18.6. The van der Waals surface area contributed by atoms with Gasteiger partial charge < -0.3 is 14.2 Å². The lowest BCUT2D eigenvalue weighted by molar-refractivity contribution is -0.136. The number of hydrogen-bond acceptors (Lipinski definition) is 3. The van der Waals surface area contributed by atoms with Crippen LogP contribution in [0.5, 0.6) is 0 Å². The molecule has 6 heteroatoms. The van der Waals surface area contributed by atoms with Gasteiger partial charge in [-0.05, 0) is 62.7 Å². The fourth-order valence-corrected chi connectivity index (χ4v) is 3.37. The Hall–Kier alpha value is -3.15. The summed E-state index contributed by atoms with van der Waals surface area (Å²) in [6.45, 7) is 5.57. The van der Waals surface area contributed by atoms with E-state index in [2.05, 4.69) is 0 Å². The number of rotatable bonds is 3. The van der Waals surface area contributed by atoms with E-state index >= 15 is 0 Å². The first-order valence-electron chi connectivity index (χ1n) is 8.50. The molecule has 0 aliphatic carbocycles. The molecule has 3 rings (SSSR count). The van der Waals surface area contributed by atoms with Gasteiger partial charge in [0, 0.05) is 29.8 Å². The minimum absolute atomic E-state index is 0.250. The van der Waals surface area contributed by atoms with Gasteiger partial charge in [0.1, 0.15) is 5.82 Å². The highest BCUT2D eigenvalue weighted by Crippen LogP contribution is 2.32. The van der Waals surface area contributed by atoms with Gasteiger partial charge in [0.2, 0.25) is 0 Å². The van der Waals surface area contributed by atoms with Gasteiger partial charge in [0.25, 0.3) is 5.91 Å². The Morgan fingerprint density at radius 2 is 1.78 bits per heavy atom. The fraction of sp³-hybridized carbons (Fsp3) is 0.238. The SMILES string of the molecule is COC(=O)C1=C(C)N(C)C(=O)/C1=C\c1cc(C)n(-c2ccc(F)cc2)c1C. The van der Waals surface area contributed by atoms with Crippen molar-refractivity contribution in [2.24, 2.45) is 0 Å². The van der Waals surface area contributed by atoms with Crippen LogP contribution in [0, 0.1) is 19.7 Å². The third-order valence-corrected chi connectivity index (χ3v) is 4.91. The number of aromatic nitrogens is 1. The van der Waals surface area contributed by atoms with E-state index in [4.69, 9.17) is 4.74 Å². The number of esters is 1. The first-order valence-corrected chi connectivity index (χ1v) is 8.50. The van der Waals surface area contributed by atoms with Gasteiger partial charge in [-0.1, -0.05) is 0 Å². The van der Waals surface area contributed by atoms with Crippen LogP contribution in [0.3, 0.4) is 0 Å². The molecular formula is C21H21FN2O3. The van der Waals surface area contributed by atoms with Crippen LogP contribution in [0.1, 0.15) is 23.9 Å². The van der Waals surface area contributed by atoms with Gasteiger partial charge in [0.05, 0.1) is 18.3 Å². The maximum Gasteiger partial charge on any atom is 0.340 e. The van der Waals surface area contributed by atoms with Crippen molar-refractivity contribution < 1.29 is 18.7 Å². The highest BCUT2D eigenvalue weighted by molar-refractivity contribution is 6.16. The maximum atomic E-state index is 13.2. The summed E-state index contributed by atoms with van der Waals surface area (Å²) in [7, 11) is 2.92. The lowest BCUT2D eigenvalue weighted by Gasteiger charge is -2.10. The van der Waals surface area contributed by atoms with E-state index in [-0.39, 0.29) is 17.3 Å². The molecular weight excluding hydrogens is 347 g/mol. The van der Waals surface area contributed by atoms with E-state index in [0.29, 0.717) is 11.3 Å². The molecule has 0 radical (unpaired) electrons. The first-order chi connectivity index (χ1) is 12.8. The van der Waals surface area contributed by atoms with Crippen molar-refractivity contribution in [1.82, 2.24) is 9.47 Å². The Labute approximate surface area is 157 Å². The summed E-state index contributed by atoms with van der Waals surface area (Å²) in [6.07, 6.45) is 1.71. The Morgan fingerprint density at radius 3 is 2.37 bits per heavy atom. The van der Waals surface area contributed by atoms with Gasteiger partial charge in [0.15, 0.2) is 0 Å². The monoisotopic (exact) mass is 368 g/mol. The number of carbonyl (C=O) groups excluding carboxylic acids is 2. The summed E-state index contributed by atoms with van der Waals surface area (Å²) in [5.41, 5.74) is 4.60. The molecule has 140 valence electrons. The van der Waals surface area contributed by atoms with Crippen LogP contribution in [0.2, 0.25) is 0 Å². The van der Waals surface area contributed by atoms with E-state index in [1.165, 1.54) is 24.1 Å². The molecule has 1 aliphatic rings. The number of amides is 1. The highest BCUT2D eigenvalue weighted by atomic mass is 19.1. The summed E-state index contributed by atoms with van der Waals surface area (Å²) >= 11 is 0. The topological polar surface area (TPSA) is 51.5 Å². The molecule has 0 bridgehead atoms. The second-order valence-corrected chi connectivity index (χ2v) is 6.51. The Kier molecular flexibility index (Phi) is 4.74. The third kappa shape index (κ3) is 3.07. The molecule has 0 unspecified atom stereocenters. The molecule has 1 aromatic carbocycles. The zero-order valence-electron chi connectivity index (χ0n) is 16.0.